The van der Waals surface area contributed by atoms with Gasteiger partial charge in [0.1, 0.15) is 12.0 Å². The lowest BCUT2D eigenvalue weighted by molar-refractivity contribution is -0.690. The molecule has 2 atom stereocenters. The standard InChI is InChI=1S/C13H17NO4S/c1-3-18-11-6-8(4-5-10(11)17-2)12-14-9(7-19-12)13(15)16/h4-6,9,12,14H,3,7H2,1-2H3,(H,15,16)/t9-,12-/m1/s1. The minimum Gasteiger partial charge on any atom is -0.544 e. The quantitative estimate of drug-likeness (QED) is 0.790. The molecular weight excluding hydrogens is 266 g/mol. The zero-order valence-electron chi connectivity index (χ0n) is 10.9. The van der Waals surface area contributed by atoms with Crippen LogP contribution in [0.2, 0.25) is 0 Å². The molecule has 1 fully saturated rings. The molecule has 1 aromatic rings. The fourth-order valence-electron chi connectivity index (χ4n) is 2.02. The number of benzene rings is 1. The summed E-state index contributed by atoms with van der Waals surface area (Å²) in [5.74, 6) is 0.926. The topological polar surface area (TPSA) is 75.2 Å². The number of hydrogen-bond donors (Lipinski definition) is 1. The number of ether oxygens (including phenoxy) is 2. The van der Waals surface area contributed by atoms with Crippen LogP contribution in [0.4, 0.5) is 0 Å². The number of aliphatic carboxylic acids is 1. The maximum Gasteiger partial charge on any atom is 0.161 e. The summed E-state index contributed by atoms with van der Waals surface area (Å²) in [5.41, 5.74) is 1.03. The summed E-state index contributed by atoms with van der Waals surface area (Å²) in [6, 6.07) is 5.22. The minimum atomic E-state index is -1.01. The van der Waals surface area contributed by atoms with Crippen molar-refractivity contribution in [2.24, 2.45) is 0 Å². The van der Waals surface area contributed by atoms with E-state index in [9.17, 15) is 9.90 Å². The van der Waals surface area contributed by atoms with Gasteiger partial charge in [0.15, 0.2) is 16.9 Å². The van der Waals surface area contributed by atoms with Crippen molar-refractivity contribution in [1.29, 1.82) is 0 Å². The number of carboxylic acids is 1. The maximum atomic E-state index is 10.8. The van der Waals surface area contributed by atoms with Crippen LogP contribution in [0, 0.1) is 0 Å². The summed E-state index contributed by atoms with van der Waals surface area (Å²) >= 11 is 1.60. The van der Waals surface area contributed by atoms with Crippen LogP contribution in [0.5, 0.6) is 11.5 Å². The van der Waals surface area contributed by atoms with Crippen LogP contribution in [0.1, 0.15) is 17.9 Å². The Labute approximate surface area is 116 Å². The molecule has 0 radical (unpaired) electrons. The van der Waals surface area contributed by atoms with Gasteiger partial charge >= 0.3 is 0 Å². The van der Waals surface area contributed by atoms with Crippen molar-refractivity contribution >= 4 is 17.7 Å². The van der Waals surface area contributed by atoms with Crippen LogP contribution in [-0.4, -0.2) is 31.5 Å². The van der Waals surface area contributed by atoms with E-state index in [1.54, 1.807) is 18.9 Å². The number of quaternary nitrogens is 1. The van der Waals surface area contributed by atoms with E-state index in [0.717, 1.165) is 5.56 Å². The number of carboxylic acid groups (broad SMARTS) is 1. The van der Waals surface area contributed by atoms with Gasteiger partial charge in [0, 0.05) is 5.56 Å². The van der Waals surface area contributed by atoms with Gasteiger partial charge in [-0.2, -0.15) is 0 Å². The van der Waals surface area contributed by atoms with E-state index < -0.39 is 12.0 Å². The average Bonchev–Trinajstić information content (AvgIpc) is 2.89. The molecule has 0 saturated carbocycles. The smallest absolute Gasteiger partial charge is 0.161 e. The highest BCUT2D eigenvalue weighted by atomic mass is 32.2. The Kier molecular flexibility index (Phi) is 4.55. The second kappa shape index (κ2) is 6.16. The molecule has 0 unspecified atom stereocenters. The van der Waals surface area contributed by atoms with Gasteiger partial charge in [-0.05, 0) is 25.1 Å². The lowest BCUT2D eigenvalue weighted by Crippen LogP contribution is -2.90. The first kappa shape index (κ1) is 14.0. The monoisotopic (exact) mass is 283 g/mol. The van der Waals surface area contributed by atoms with Crippen molar-refractivity contribution in [2.75, 3.05) is 19.5 Å². The van der Waals surface area contributed by atoms with E-state index in [4.69, 9.17) is 9.47 Å². The minimum absolute atomic E-state index is 0.0630. The molecule has 1 aliphatic rings. The second-order valence-electron chi connectivity index (χ2n) is 4.22. The summed E-state index contributed by atoms with van der Waals surface area (Å²) in [5, 5.41) is 12.7. The molecule has 1 heterocycles. The summed E-state index contributed by atoms with van der Waals surface area (Å²) in [4.78, 5) is 10.8. The Hall–Kier alpha value is -1.40. The summed E-state index contributed by atoms with van der Waals surface area (Å²) in [6.45, 7) is 2.47. The Bertz CT molecular complexity index is 466. The van der Waals surface area contributed by atoms with Crippen LogP contribution in [0.25, 0.3) is 0 Å². The molecule has 1 saturated heterocycles. The molecule has 104 valence electrons. The molecule has 0 spiro atoms. The third-order valence-electron chi connectivity index (χ3n) is 2.98. The molecule has 6 heteroatoms. The van der Waals surface area contributed by atoms with E-state index in [2.05, 4.69) is 0 Å². The van der Waals surface area contributed by atoms with Gasteiger partial charge in [0.25, 0.3) is 0 Å². The summed E-state index contributed by atoms with van der Waals surface area (Å²) in [6.07, 6.45) is 0. The van der Waals surface area contributed by atoms with Crippen molar-refractivity contribution in [3.63, 3.8) is 0 Å². The first-order valence-corrected chi connectivity index (χ1v) is 7.18. The van der Waals surface area contributed by atoms with E-state index >= 15 is 0 Å². The number of carbonyl (C=O) groups excluding carboxylic acids is 1. The van der Waals surface area contributed by atoms with Gasteiger partial charge in [-0.1, -0.05) is 11.8 Å². The van der Waals surface area contributed by atoms with Crippen molar-refractivity contribution < 1.29 is 24.7 Å². The molecule has 0 amide bonds. The third-order valence-corrected chi connectivity index (χ3v) is 4.32. The van der Waals surface area contributed by atoms with Crippen LogP contribution < -0.4 is 19.9 Å². The molecule has 19 heavy (non-hydrogen) atoms. The Morgan fingerprint density at radius 1 is 1.53 bits per heavy atom. The Balaban J connectivity index is 2.17. The largest absolute Gasteiger partial charge is 0.544 e. The van der Waals surface area contributed by atoms with Crippen molar-refractivity contribution in [2.45, 2.75) is 18.3 Å². The fraction of sp³-hybridized carbons (Fsp3) is 0.462. The first-order chi connectivity index (χ1) is 9.15. The highest BCUT2D eigenvalue weighted by Crippen LogP contribution is 2.34. The maximum absolute atomic E-state index is 10.8. The number of carbonyl (C=O) groups is 1. The molecule has 2 rings (SSSR count). The molecule has 5 nitrogen and oxygen atoms in total. The van der Waals surface area contributed by atoms with Crippen LogP contribution in [0.3, 0.4) is 0 Å². The number of hydrogen-bond acceptors (Lipinski definition) is 5. The van der Waals surface area contributed by atoms with Gasteiger partial charge < -0.3 is 24.7 Å². The summed E-state index contributed by atoms with van der Waals surface area (Å²) in [7, 11) is 1.60. The van der Waals surface area contributed by atoms with Gasteiger partial charge in [-0.15, -0.1) is 0 Å². The van der Waals surface area contributed by atoms with Crippen molar-refractivity contribution in [1.82, 2.24) is 0 Å². The van der Waals surface area contributed by atoms with Crippen LogP contribution in [-0.2, 0) is 4.79 Å². The van der Waals surface area contributed by atoms with Gasteiger partial charge in [-0.3, -0.25) is 0 Å². The summed E-state index contributed by atoms with van der Waals surface area (Å²) < 4.78 is 10.8. The SMILES string of the molecule is CCOc1cc([C@@H]2[NH2+][C@@H](C(=O)[O-])CS2)ccc1OC. The highest BCUT2D eigenvalue weighted by molar-refractivity contribution is 7.99. The zero-order chi connectivity index (χ0) is 13.8. The van der Waals surface area contributed by atoms with Crippen molar-refractivity contribution in [3.05, 3.63) is 23.8 Å². The number of methoxy groups -OCH3 is 1. The molecule has 0 bridgehead atoms. The second-order valence-corrected chi connectivity index (χ2v) is 5.39. The zero-order valence-corrected chi connectivity index (χ0v) is 11.7. The van der Waals surface area contributed by atoms with E-state index in [-0.39, 0.29) is 5.37 Å². The number of nitrogens with two attached hydrogens (primary N) is 1. The van der Waals surface area contributed by atoms with Crippen molar-refractivity contribution in [3.8, 4) is 11.5 Å². The van der Waals surface area contributed by atoms with Crippen LogP contribution >= 0.6 is 11.8 Å². The lowest BCUT2D eigenvalue weighted by Gasteiger charge is -2.14. The molecule has 0 aromatic heterocycles. The fourth-order valence-corrected chi connectivity index (χ4v) is 3.32. The molecule has 0 aliphatic carbocycles. The van der Waals surface area contributed by atoms with Gasteiger partial charge in [0.05, 0.1) is 19.5 Å². The molecule has 1 aromatic carbocycles. The highest BCUT2D eigenvalue weighted by Gasteiger charge is 2.31. The lowest BCUT2D eigenvalue weighted by atomic mass is 10.2. The van der Waals surface area contributed by atoms with E-state index in [1.807, 2.05) is 30.4 Å². The van der Waals surface area contributed by atoms with E-state index in [1.165, 1.54) is 0 Å². The predicted molar refractivity (Wildman–Crippen MR) is 70.1 cm³/mol. The Morgan fingerprint density at radius 2 is 2.32 bits per heavy atom. The predicted octanol–water partition coefficient (Wildman–Crippen LogP) is -0.479. The number of thioether (sulfide) groups is 1. The first-order valence-electron chi connectivity index (χ1n) is 6.14. The third kappa shape index (κ3) is 3.13. The van der Waals surface area contributed by atoms with Crippen LogP contribution in [0.15, 0.2) is 18.2 Å². The average molecular weight is 283 g/mol. The van der Waals surface area contributed by atoms with Gasteiger partial charge in [0.2, 0.25) is 0 Å². The van der Waals surface area contributed by atoms with E-state index in [0.29, 0.717) is 23.9 Å². The normalized spacial score (nSPS) is 22.2. The van der Waals surface area contributed by atoms with Gasteiger partial charge in [-0.25, -0.2) is 0 Å². The molecular formula is C13H17NO4S. The molecule has 2 N–H and O–H groups in total. The Morgan fingerprint density at radius 3 is 2.89 bits per heavy atom. The number of rotatable bonds is 5. The molecule has 1 aliphatic heterocycles.